The van der Waals surface area contributed by atoms with Crippen molar-refractivity contribution in [2.24, 2.45) is 10.9 Å². The molecular formula is C16H30N4S. The van der Waals surface area contributed by atoms with E-state index in [1.165, 1.54) is 50.9 Å². The molecule has 120 valence electrons. The Hall–Kier alpha value is -0.420. The summed E-state index contributed by atoms with van der Waals surface area (Å²) in [5, 5.41) is 7.71. The lowest BCUT2D eigenvalue weighted by Gasteiger charge is -2.16. The van der Waals surface area contributed by atoms with Gasteiger partial charge in [0.25, 0.3) is 0 Å². The fourth-order valence-electron chi connectivity index (χ4n) is 3.36. The number of aliphatic imine (C=N–C) groups is 1. The van der Waals surface area contributed by atoms with Crippen LogP contribution in [0.15, 0.2) is 4.99 Å². The molecule has 0 aromatic carbocycles. The number of thioether (sulfide) groups is 1. The lowest BCUT2D eigenvalue weighted by molar-refractivity contribution is 0.315. The summed E-state index contributed by atoms with van der Waals surface area (Å²) >= 11 is 2.10. The first kappa shape index (κ1) is 15.5. The summed E-state index contributed by atoms with van der Waals surface area (Å²) in [6.07, 6.45) is 6.93. The van der Waals surface area contributed by atoms with Gasteiger partial charge in [0.2, 0.25) is 0 Å². The lowest BCUT2D eigenvalue weighted by atomic mass is 10.1. The van der Waals surface area contributed by atoms with Gasteiger partial charge in [-0.1, -0.05) is 0 Å². The number of hydrogen-bond acceptors (Lipinski definition) is 3. The maximum Gasteiger partial charge on any atom is 0.191 e. The van der Waals surface area contributed by atoms with Gasteiger partial charge in [0, 0.05) is 37.5 Å². The molecular weight excluding hydrogens is 280 g/mol. The number of likely N-dealkylation sites (tertiary alicyclic amines) is 1. The lowest BCUT2D eigenvalue weighted by Crippen LogP contribution is -2.40. The van der Waals surface area contributed by atoms with Crippen molar-refractivity contribution in [3.8, 4) is 0 Å². The van der Waals surface area contributed by atoms with E-state index < -0.39 is 0 Å². The maximum atomic E-state index is 4.83. The fraction of sp³-hybridized carbons (Fsp3) is 0.938. The molecule has 5 heteroatoms. The van der Waals surface area contributed by atoms with Gasteiger partial charge in [0.15, 0.2) is 5.96 Å². The number of guanidine groups is 1. The van der Waals surface area contributed by atoms with Crippen LogP contribution < -0.4 is 10.6 Å². The SMILES string of the molecule is CCNC(=NCC1CCN(C2CC2)C1)NCC1CCCS1. The van der Waals surface area contributed by atoms with Crippen LogP contribution in [-0.2, 0) is 0 Å². The Morgan fingerprint density at radius 2 is 2.14 bits per heavy atom. The summed E-state index contributed by atoms with van der Waals surface area (Å²) in [5.74, 6) is 3.12. The molecule has 1 aliphatic carbocycles. The molecule has 0 aromatic rings. The molecule has 2 unspecified atom stereocenters. The van der Waals surface area contributed by atoms with Crippen molar-refractivity contribution >= 4 is 17.7 Å². The zero-order chi connectivity index (χ0) is 14.5. The van der Waals surface area contributed by atoms with Gasteiger partial charge < -0.3 is 15.5 Å². The Morgan fingerprint density at radius 1 is 1.24 bits per heavy atom. The summed E-state index contributed by atoms with van der Waals surface area (Å²) in [7, 11) is 0. The molecule has 0 aromatic heterocycles. The highest BCUT2D eigenvalue weighted by Crippen LogP contribution is 2.31. The van der Waals surface area contributed by atoms with E-state index in [-0.39, 0.29) is 0 Å². The molecule has 1 saturated carbocycles. The normalized spacial score (nSPS) is 30.8. The Bertz CT molecular complexity index is 350. The summed E-state index contributed by atoms with van der Waals surface area (Å²) in [4.78, 5) is 7.51. The van der Waals surface area contributed by atoms with E-state index in [2.05, 4.69) is 34.2 Å². The van der Waals surface area contributed by atoms with Crippen LogP contribution in [0.1, 0.15) is 39.0 Å². The van der Waals surface area contributed by atoms with Crippen LogP contribution >= 0.6 is 11.8 Å². The molecule has 3 fully saturated rings. The van der Waals surface area contributed by atoms with Crippen LogP contribution in [0.2, 0.25) is 0 Å². The molecule has 4 nitrogen and oxygen atoms in total. The summed E-state index contributed by atoms with van der Waals surface area (Å²) < 4.78 is 0. The quantitative estimate of drug-likeness (QED) is 0.581. The predicted molar refractivity (Wildman–Crippen MR) is 92.2 cm³/mol. The molecule has 3 rings (SSSR count). The minimum Gasteiger partial charge on any atom is -0.357 e. The third kappa shape index (κ3) is 4.78. The standard InChI is InChI=1S/C16H30N4S/c1-2-17-16(19-11-15-4-3-9-21-15)18-10-13-7-8-20(12-13)14-5-6-14/h13-15H,2-12H2,1H3,(H2,17,18,19). The van der Waals surface area contributed by atoms with Gasteiger partial charge in [-0.3, -0.25) is 4.99 Å². The maximum absolute atomic E-state index is 4.83. The molecule has 0 radical (unpaired) electrons. The second kappa shape index (κ2) is 7.73. The second-order valence-corrected chi connectivity index (χ2v) is 8.02. The van der Waals surface area contributed by atoms with Crippen LogP contribution in [0, 0.1) is 5.92 Å². The number of nitrogens with one attached hydrogen (secondary N) is 2. The number of hydrogen-bond donors (Lipinski definition) is 2. The molecule has 0 spiro atoms. The van der Waals surface area contributed by atoms with Gasteiger partial charge in [-0.25, -0.2) is 0 Å². The van der Waals surface area contributed by atoms with Gasteiger partial charge in [-0.2, -0.15) is 11.8 Å². The minimum atomic E-state index is 0.766. The van der Waals surface area contributed by atoms with Crippen molar-refractivity contribution in [2.75, 3.05) is 38.5 Å². The topological polar surface area (TPSA) is 39.7 Å². The van der Waals surface area contributed by atoms with Crippen LogP contribution in [0.3, 0.4) is 0 Å². The van der Waals surface area contributed by atoms with Crippen LogP contribution in [-0.4, -0.2) is 60.6 Å². The number of nitrogens with zero attached hydrogens (tertiary/aromatic N) is 2. The van der Waals surface area contributed by atoms with E-state index in [1.54, 1.807) is 0 Å². The second-order valence-electron chi connectivity index (χ2n) is 6.62. The van der Waals surface area contributed by atoms with Gasteiger partial charge in [-0.05, 0) is 57.2 Å². The summed E-state index contributed by atoms with van der Waals surface area (Å²) in [6.45, 7) is 7.71. The van der Waals surface area contributed by atoms with E-state index >= 15 is 0 Å². The molecule has 2 aliphatic heterocycles. The third-order valence-electron chi connectivity index (χ3n) is 4.75. The highest BCUT2D eigenvalue weighted by molar-refractivity contribution is 8.00. The van der Waals surface area contributed by atoms with Gasteiger partial charge in [0.05, 0.1) is 0 Å². The van der Waals surface area contributed by atoms with E-state index in [0.29, 0.717) is 0 Å². The molecule has 21 heavy (non-hydrogen) atoms. The largest absolute Gasteiger partial charge is 0.357 e. The highest BCUT2D eigenvalue weighted by atomic mass is 32.2. The van der Waals surface area contributed by atoms with Crippen molar-refractivity contribution < 1.29 is 0 Å². The van der Waals surface area contributed by atoms with Crippen molar-refractivity contribution in [1.29, 1.82) is 0 Å². The van der Waals surface area contributed by atoms with E-state index in [0.717, 1.165) is 42.8 Å². The van der Waals surface area contributed by atoms with Crippen molar-refractivity contribution in [2.45, 2.75) is 50.3 Å². The number of rotatable bonds is 6. The minimum absolute atomic E-state index is 0.766. The zero-order valence-electron chi connectivity index (χ0n) is 13.3. The molecule has 0 bridgehead atoms. The van der Waals surface area contributed by atoms with Crippen molar-refractivity contribution in [3.05, 3.63) is 0 Å². The Kier molecular flexibility index (Phi) is 5.69. The van der Waals surface area contributed by atoms with E-state index in [9.17, 15) is 0 Å². The predicted octanol–water partition coefficient (Wildman–Crippen LogP) is 1.92. The van der Waals surface area contributed by atoms with Gasteiger partial charge >= 0.3 is 0 Å². The molecule has 3 aliphatic rings. The summed E-state index contributed by atoms with van der Waals surface area (Å²) in [6, 6.07) is 0.921. The average molecular weight is 311 g/mol. The van der Waals surface area contributed by atoms with Crippen LogP contribution in [0.5, 0.6) is 0 Å². The Morgan fingerprint density at radius 3 is 2.86 bits per heavy atom. The molecule has 2 N–H and O–H groups in total. The van der Waals surface area contributed by atoms with Crippen LogP contribution in [0.4, 0.5) is 0 Å². The smallest absolute Gasteiger partial charge is 0.191 e. The Balaban J connectivity index is 1.41. The molecule has 2 atom stereocenters. The van der Waals surface area contributed by atoms with E-state index in [4.69, 9.17) is 4.99 Å². The van der Waals surface area contributed by atoms with E-state index in [1.807, 2.05) is 0 Å². The summed E-state index contributed by atoms with van der Waals surface area (Å²) in [5.41, 5.74) is 0. The van der Waals surface area contributed by atoms with Crippen molar-refractivity contribution in [1.82, 2.24) is 15.5 Å². The highest BCUT2D eigenvalue weighted by Gasteiger charge is 2.34. The Labute approximate surface area is 133 Å². The molecule has 2 heterocycles. The monoisotopic (exact) mass is 310 g/mol. The fourth-order valence-corrected chi connectivity index (χ4v) is 4.56. The van der Waals surface area contributed by atoms with Crippen molar-refractivity contribution in [3.63, 3.8) is 0 Å². The van der Waals surface area contributed by atoms with Crippen LogP contribution in [0.25, 0.3) is 0 Å². The first-order chi connectivity index (χ1) is 10.3. The first-order valence-corrected chi connectivity index (χ1v) is 9.78. The van der Waals surface area contributed by atoms with Gasteiger partial charge in [-0.15, -0.1) is 0 Å². The third-order valence-corrected chi connectivity index (χ3v) is 6.15. The molecule has 0 amide bonds. The van der Waals surface area contributed by atoms with Gasteiger partial charge in [0.1, 0.15) is 0 Å². The molecule has 2 saturated heterocycles. The zero-order valence-corrected chi connectivity index (χ0v) is 14.1. The first-order valence-electron chi connectivity index (χ1n) is 8.73. The average Bonchev–Trinajstić information content (AvgIpc) is 3.03.